The number of pyridine rings is 2. The van der Waals surface area contributed by atoms with Crippen molar-refractivity contribution < 1.29 is 22.7 Å². The minimum atomic E-state index is -4.62. The highest BCUT2D eigenvalue weighted by molar-refractivity contribution is 6.04. The van der Waals surface area contributed by atoms with Crippen LogP contribution in [0.1, 0.15) is 49.2 Å². The van der Waals surface area contributed by atoms with Gasteiger partial charge in [0.15, 0.2) is 0 Å². The number of anilines is 1. The van der Waals surface area contributed by atoms with Gasteiger partial charge in [0.05, 0.1) is 23.9 Å². The van der Waals surface area contributed by atoms with Crippen LogP contribution in [0, 0.1) is 5.92 Å². The van der Waals surface area contributed by atoms with Crippen molar-refractivity contribution in [1.29, 1.82) is 0 Å². The number of carbonyl (C=O) groups is 1. The number of amides is 1. The second-order valence-corrected chi connectivity index (χ2v) is 9.26. The van der Waals surface area contributed by atoms with Crippen LogP contribution in [0.5, 0.6) is 5.88 Å². The number of carbonyl (C=O) groups excluding carboxylic acids is 1. The average Bonchev–Trinajstić information content (AvgIpc) is 3.55. The Balaban J connectivity index is 1.87. The van der Waals surface area contributed by atoms with Gasteiger partial charge < -0.3 is 20.7 Å². The summed E-state index contributed by atoms with van der Waals surface area (Å²) in [5.41, 5.74) is 6.10. The van der Waals surface area contributed by atoms with Crippen molar-refractivity contribution in [1.82, 2.24) is 15.3 Å². The highest BCUT2D eigenvalue weighted by atomic mass is 19.4. The highest BCUT2D eigenvalue weighted by Crippen LogP contribution is 2.43. The Bertz CT molecular complexity index is 1050. The topological polar surface area (TPSA) is 93.4 Å². The molecule has 1 aliphatic carbocycles. The fourth-order valence-electron chi connectivity index (χ4n) is 4.31. The van der Waals surface area contributed by atoms with Crippen LogP contribution in [-0.4, -0.2) is 47.7 Å². The number of ether oxygens (including phenoxy) is 1. The molecule has 1 amide bonds. The lowest BCUT2D eigenvalue weighted by atomic mass is 10.00. The van der Waals surface area contributed by atoms with E-state index < -0.39 is 17.4 Å². The third kappa shape index (κ3) is 4.90. The summed E-state index contributed by atoms with van der Waals surface area (Å²) >= 11 is 0. The molecule has 33 heavy (non-hydrogen) atoms. The number of nitrogens with zero attached hydrogens (tertiary/aromatic N) is 3. The van der Waals surface area contributed by atoms with Gasteiger partial charge in [0.2, 0.25) is 5.88 Å². The Morgan fingerprint density at radius 2 is 2.09 bits per heavy atom. The Labute approximate surface area is 190 Å². The molecule has 2 atom stereocenters. The van der Waals surface area contributed by atoms with Crippen LogP contribution in [0.3, 0.4) is 0 Å². The van der Waals surface area contributed by atoms with Crippen LogP contribution >= 0.6 is 0 Å². The Morgan fingerprint density at radius 1 is 1.36 bits per heavy atom. The molecule has 1 saturated heterocycles. The maximum atomic E-state index is 13.4. The van der Waals surface area contributed by atoms with Crippen LogP contribution in [0.2, 0.25) is 0 Å². The second-order valence-electron chi connectivity index (χ2n) is 9.26. The van der Waals surface area contributed by atoms with Crippen LogP contribution in [0.15, 0.2) is 24.5 Å². The Hall–Kier alpha value is -2.88. The summed E-state index contributed by atoms with van der Waals surface area (Å²) < 4.78 is 45.6. The summed E-state index contributed by atoms with van der Waals surface area (Å²) in [6.45, 7) is 4.85. The van der Waals surface area contributed by atoms with Crippen molar-refractivity contribution >= 4 is 11.6 Å². The van der Waals surface area contributed by atoms with Gasteiger partial charge in [-0.2, -0.15) is 13.2 Å². The first-order valence-electron chi connectivity index (χ1n) is 11.0. The van der Waals surface area contributed by atoms with E-state index in [2.05, 4.69) is 15.3 Å². The predicted molar refractivity (Wildman–Crippen MR) is 118 cm³/mol. The molecule has 3 N–H and O–H groups in total. The van der Waals surface area contributed by atoms with E-state index in [4.69, 9.17) is 10.5 Å². The van der Waals surface area contributed by atoms with E-state index in [9.17, 15) is 18.0 Å². The van der Waals surface area contributed by atoms with Crippen LogP contribution < -0.4 is 20.7 Å². The van der Waals surface area contributed by atoms with Crippen molar-refractivity contribution in [2.24, 2.45) is 11.7 Å². The SMILES string of the molecule is COc1ncc(C(=O)NC(C)C2CC2)c(N2CC[C@](C)(N)C2)c1-c1ccnc(C(F)(F)F)c1. The number of nitrogens with two attached hydrogens (primary N) is 1. The molecule has 178 valence electrons. The lowest BCUT2D eigenvalue weighted by molar-refractivity contribution is -0.141. The number of hydrogen-bond donors (Lipinski definition) is 2. The number of rotatable bonds is 6. The van der Waals surface area contributed by atoms with Crippen molar-refractivity contribution in [3.63, 3.8) is 0 Å². The Kier molecular flexibility index (Phi) is 5.98. The first-order valence-corrected chi connectivity index (χ1v) is 11.0. The number of alkyl halides is 3. The first-order chi connectivity index (χ1) is 15.5. The smallest absolute Gasteiger partial charge is 0.433 e. The zero-order valence-corrected chi connectivity index (χ0v) is 18.9. The van der Waals surface area contributed by atoms with Crippen molar-refractivity contribution in [3.05, 3.63) is 35.8 Å². The number of methoxy groups -OCH3 is 1. The van der Waals surface area contributed by atoms with Gasteiger partial charge in [0.25, 0.3) is 5.91 Å². The molecule has 4 rings (SSSR count). The van der Waals surface area contributed by atoms with Gasteiger partial charge in [-0.3, -0.25) is 9.78 Å². The molecule has 1 aliphatic heterocycles. The molecule has 2 aromatic heterocycles. The second kappa shape index (κ2) is 8.48. The molecule has 2 aliphatic rings. The number of aromatic nitrogens is 2. The molecule has 0 bridgehead atoms. The third-order valence-corrected chi connectivity index (χ3v) is 6.30. The minimum absolute atomic E-state index is 0.00740. The molecule has 1 saturated carbocycles. The summed E-state index contributed by atoms with van der Waals surface area (Å²) in [6.07, 6.45) is 0.700. The van der Waals surface area contributed by atoms with Crippen LogP contribution in [0.25, 0.3) is 11.1 Å². The lowest BCUT2D eigenvalue weighted by Crippen LogP contribution is -2.40. The van der Waals surface area contributed by atoms with Crippen molar-refractivity contribution in [3.8, 4) is 17.0 Å². The summed E-state index contributed by atoms with van der Waals surface area (Å²) in [5, 5.41) is 3.02. The van der Waals surface area contributed by atoms with Gasteiger partial charge in [0, 0.05) is 37.1 Å². The number of nitrogens with one attached hydrogen (secondary N) is 1. The molecule has 10 heteroatoms. The number of halogens is 3. The summed E-state index contributed by atoms with van der Waals surface area (Å²) in [7, 11) is 1.40. The molecule has 3 heterocycles. The minimum Gasteiger partial charge on any atom is -0.480 e. The van der Waals surface area contributed by atoms with Gasteiger partial charge in [-0.05, 0) is 56.7 Å². The zero-order valence-electron chi connectivity index (χ0n) is 18.9. The summed E-state index contributed by atoms with van der Waals surface area (Å²) in [6, 6.07) is 2.41. The highest BCUT2D eigenvalue weighted by Gasteiger charge is 2.37. The van der Waals surface area contributed by atoms with Crippen molar-refractivity contribution in [2.75, 3.05) is 25.1 Å². The molecular weight excluding hydrogens is 435 g/mol. The van der Waals surface area contributed by atoms with E-state index in [-0.39, 0.29) is 29.0 Å². The molecule has 2 fully saturated rings. The Morgan fingerprint density at radius 3 is 2.67 bits per heavy atom. The maximum Gasteiger partial charge on any atom is 0.433 e. The van der Waals surface area contributed by atoms with E-state index in [1.54, 1.807) is 0 Å². The zero-order chi connectivity index (χ0) is 24.0. The lowest BCUT2D eigenvalue weighted by Gasteiger charge is -2.28. The molecule has 7 nitrogen and oxygen atoms in total. The fourth-order valence-corrected chi connectivity index (χ4v) is 4.31. The molecular formula is C23H28F3N5O2. The quantitative estimate of drug-likeness (QED) is 0.680. The normalized spacial score (nSPS) is 21.7. The monoisotopic (exact) mass is 463 g/mol. The van der Waals surface area contributed by atoms with Gasteiger partial charge in [-0.1, -0.05) is 0 Å². The van der Waals surface area contributed by atoms with E-state index in [0.29, 0.717) is 36.7 Å². The standard InChI is InChI=1S/C23H28F3N5O2/c1-13(14-4-5-14)30-20(32)16-11-29-21(33-3)18(19(16)31-9-7-22(2,27)12-31)15-6-8-28-17(10-15)23(24,25)26/h6,8,10-11,13-14H,4-5,7,9,12,27H2,1-3H3,(H,30,32)/t13?,22-/m0/s1. The van der Waals surface area contributed by atoms with E-state index in [0.717, 1.165) is 25.1 Å². The largest absolute Gasteiger partial charge is 0.480 e. The van der Waals surface area contributed by atoms with Crippen LogP contribution in [0.4, 0.5) is 18.9 Å². The van der Waals surface area contributed by atoms with Gasteiger partial charge >= 0.3 is 6.18 Å². The van der Waals surface area contributed by atoms with E-state index in [1.807, 2.05) is 18.7 Å². The molecule has 1 unspecified atom stereocenters. The third-order valence-electron chi connectivity index (χ3n) is 6.30. The van der Waals surface area contributed by atoms with Gasteiger partial charge in [-0.15, -0.1) is 0 Å². The van der Waals surface area contributed by atoms with Gasteiger partial charge in [-0.25, -0.2) is 4.98 Å². The van der Waals surface area contributed by atoms with Crippen LogP contribution in [-0.2, 0) is 6.18 Å². The molecule has 0 aromatic carbocycles. The van der Waals surface area contributed by atoms with E-state index in [1.165, 1.54) is 19.4 Å². The first kappa shape index (κ1) is 23.3. The summed E-state index contributed by atoms with van der Waals surface area (Å²) in [4.78, 5) is 23.0. The van der Waals surface area contributed by atoms with Gasteiger partial charge in [0.1, 0.15) is 5.69 Å². The number of hydrogen-bond acceptors (Lipinski definition) is 6. The fraction of sp³-hybridized carbons (Fsp3) is 0.522. The summed E-state index contributed by atoms with van der Waals surface area (Å²) in [5.74, 6) is 0.245. The predicted octanol–water partition coefficient (Wildman–Crippen LogP) is 3.63. The van der Waals surface area contributed by atoms with E-state index >= 15 is 0 Å². The maximum absolute atomic E-state index is 13.4. The molecule has 0 radical (unpaired) electrons. The molecule has 0 spiro atoms. The van der Waals surface area contributed by atoms with Crippen molar-refractivity contribution in [2.45, 2.75) is 50.9 Å². The average molecular weight is 464 g/mol. The molecule has 2 aromatic rings.